The van der Waals surface area contributed by atoms with Crippen molar-refractivity contribution < 1.29 is 14.3 Å². The summed E-state index contributed by atoms with van der Waals surface area (Å²) in [4.78, 5) is 23.0. The standard InChI is InChI=1S/C9H12NO3/c1-2-6-13-9(12)8-4-3-5-10(8)7-11/h2,8H,1,3-6H2. The van der Waals surface area contributed by atoms with Gasteiger partial charge in [0.2, 0.25) is 0 Å². The van der Waals surface area contributed by atoms with Crippen LogP contribution in [-0.4, -0.2) is 36.5 Å². The van der Waals surface area contributed by atoms with Crippen LogP contribution in [0.3, 0.4) is 0 Å². The molecule has 0 aliphatic carbocycles. The smallest absolute Gasteiger partial charge is 0.329 e. The number of esters is 1. The molecule has 71 valence electrons. The van der Waals surface area contributed by atoms with Gasteiger partial charge in [-0.1, -0.05) is 12.7 Å². The summed E-state index contributed by atoms with van der Waals surface area (Å²) in [5, 5.41) is 0. The highest BCUT2D eigenvalue weighted by Gasteiger charge is 2.31. The Hall–Kier alpha value is -1.32. The first-order chi connectivity index (χ1) is 6.29. The van der Waals surface area contributed by atoms with Crippen LogP contribution in [0, 0.1) is 0 Å². The van der Waals surface area contributed by atoms with Gasteiger partial charge in [-0.3, -0.25) is 4.79 Å². The van der Waals surface area contributed by atoms with Gasteiger partial charge >= 0.3 is 12.4 Å². The molecule has 0 aromatic carbocycles. The summed E-state index contributed by atoms with van der Waals surface area (Å²) < 4.78 is 4.83. The van der Waals surface area contributed by atoms with Crippen LogP contribution in [0.15, 0.2) is 12.7 Å². The number of carbonyl (C=O) groups is 1. The average Bonchev–Trinajstić information content (AvgIpc) is 2.61. The third-order valence-electron chi connectivity index (χ3n) is 1.99. The lowest BCUT2D eigenvalue weighted by atomic mass is 10.2. The molecular weight excluding hydrogens is 170 g/mol. The summed E-state index contributed by atoms with van der Waals surface area (Å²) >= 11 is 0. The lowest BCUT2D eigenvalue weighted by Crippen LogP contribution is -2.36. The van der Waals surface area contributed by atoms with E-state index in [2.05, 4.69) is 6.58 Å². The first-order valence-corrected chi connectivity index (χ1v) is 4.21. The second kappa shape index (κ2) is 4.64. The van der Waals surface area contributed by atoms with Crippen LogP contribution in [-0.2, 0) is 14.3 Å². The first kappa shape index (κ1) is 9.77. The number of carbonyl (C=O) groups excluding carboxylic acids is 2. The highest BCUT2D eigenvalue weighted by molar-refractivity contribution is 5.78. The number of ether oxygens (including phenoxy) is 1. The average molecular weight is 182 g/mol. The maximum Gasteiger partial charge on any atom is 0.329 e. The molecule has 1 saturated heterocycles. The third-order valence-corrected chi connectivity index (χ3v) is 1.99. The predicted molar refractivity (Wildman–Crippen MR) is 46.6 cm³/mol. The van der Waals surface area contributed by atoms with Crippen LogP contribution in [0.4, 0.5) is 0 Å². The molecule has 0 bridgehead atoms. The topological polar surface area (TPSA) is 46.6 Å². The van der Waals surface area contributed by atoms with Crippen molar-refractivity contribution in [3.8, 4) is 0 Å². The number of hydrogen-bond donors (Lipinski definition) is 0. The summed E-state index contributed by atoms with van der Waals surface area (Å²) in [6.45, 7) is 4.22. The molecule has 1 unspecified atom stereocenters. The summed E-state index contributed by atoms with van der Waals surface area (Å²) in [6.07, 6.45) is 4.74. The zero-order chi connectivity index (χ0) is 9.68. The maximum absolute atomic E-state index is 11.3. The lowest BCUT2D eigenvalue weighted by Gasteiger charge is -2.16. The van der Waals surface area contributed by atoms with E-state index in [1.54, 1.807) is 6.41 Å². The van der Waals surface area contributed by atoms with E-state index >= 15 is 0 Å². The Kier molecular flexibility index (Phi) is 3.49. The first-order valence-electron chi connectivity index (χ1n) is 4.21. The normalized spacial score (nSPS) is 21.2. The Labute approximate surface area is 77.2 Å². The van der Waals surface area contributed by atoms with Gasteiger partial charge in [0.1, 0.15) is 12.6 Å². The molecule has 0 aromatic rings. The molecule has 1 atom stereocenters. The van der Waals surface area contributed by atoms with E-state index in [1.807, 2.05) is 0 Å². The molecule has 1 amide bonds. The maximum atomic E-state index is 11.3. The van der Waals surface area contributed by atoms with Crippen LogP contribution in [0.25, 0.3) is 0 Å². The van der Waals surface area contributed by atoms with Crippen molar-refractivity contribution in [2.75, 3.05) is 13.2 Å². The van der Waals surface area contributed by atoms with Crippen molar-refractivity contribution in [1.29, 1.82) is 0 Å². The van der Waals surface area contributed by atoms with Gasteiger partial charge in [0.25, 0.3) is 0 Å². The van der Waals surface area contributed by atoms with Crippen LogP contribution < -0.4 is 0 Å². The van der Waals surface area contributed by atoms with Gasteiger partial charge in [0.05, 0.1) is 0 Å². The zero-order valence-corrected chi connectivity index (χ0v) is 7.36. The summed E-state index contributed by atoms with van der Waals surface area (Å²) in [6, 6.07) is -0.433. The molecule has 0 aromatic heterocycles. The molecule has 1 aliphatic rings. The van der Waals surface area contributed by atoms with E-state index in [9.17, 15) is 9.59 Å². The fourth-order valence-electron chi connectivity index (χ4n) is 1.36. The summed E-state index contributed by atoms with van der Waals surface area (Å²) in [7, 11) is 0. The quantitative estimate of drug-likeness (QED) is 0.462. The SMILES string of the molecule is C=CCOC(=O)C1CCCN1[C]=O. The molecule has 13 heavy (non-hydrogen) atoms. The highest BCUT2D eigenvalue weighted by atomic mass is 16.5. The Bertz CT molecular complexity index is 215. The van der Waals surface area contributed by atoms with Gasteiger partial charge < -0.3 is 9.64 Å². The van der Waals surface area contributed by atoms with Gasteiger partial charge in [-0.05, 0) is 12.8 Å². The van der Waals surface area contributed by atoms with Crippen molar-refractivity contribution in [1.82, 2.24) is 4.90 Å². The second-order valence-corrected chi connectivity index (χ2v) is 2.86. The van der Waals surface area contributed by atoms with Gasteiger partial charge in [0, 0.05) is 6.54 Å². The minimum absolute atomic E-state index is 0.196. The Morgan fingerprint density at radius 1 is 1.77 bits per heavy atom. The molecule has 0 N–H and O–H groups in total. The lowest BCUT2D eigenvalue weighted by molar-refractivity contribution is -0.146. The number of nitrogens with zero attached hydrogens (tertiary/aromatic N) is 1. The van der Waals surface area contributed by atoms with Crippen molar-refractivity contribution in [3.63, 3.8) is 0 Å². The van der Waals surface area contributed by atoms with Crippen LogP contribution in [0.2, 0.25) is 0 Å². The molecular formula is C9H12NO3. The van der Waals surface area contributed by atoms with Crippen molar-refractivity contribution >= 4 is 12.4 Å². The molecule has 4 heteroatoms. The highest BCUT2D eigenvalue weighted by Crippen LogP contribution is 2.16. The van der Waals surface area contributed by atoms with Gasteiger partial charge in [-0.15, -0.1) is 0 Å². The molecule has 4 nitrogen and oxygen atoms in total. The van der Waals surface area contributed by atoms with Gasteiger partial charge in [0.15, 0.2) is 0 Å². The molecule has 0 spiro atoms. The van der Waals surface area contributed by atoms with Crippen molar-refractivity contribution in [2.45, 2.75) is 18.9 Å². The number of likely N-dealkylation sites (tertiary alicyclic amines) is 1. The summed E-state index contributed by atoms with van der Waals surface area (Å²) in [5.41, 5.74) is 0. The van der Waals surface area contributed by atoms with Gasteiger partial charge in [-0.2, -0.15) is 0 Å². The zero-order valence-electron chi connectivity index (χ0n) is 7.36. The van der Waals surface area contributed by atoms with E-state index in [0.717, 1.165) is 6.42 Å². The molecule has 1 heterocycles. The second-order valence-electron chi connectivity index (χ2n) is 2.86. The largest absolute Gasteiger partial charge is 0.460 e. The van der Waals surface area contributed by atoms with Crippen molar-refractivity contribution in [3.05, 3.63) is 12.7 Å². The van der Waals surface area contributed by atoms with Crippen LogP contribution >= 0.6 is 0 Å². The molecule has 1 aliphatic heterocycles. The fraction of sp³-hybridized carbons (Fsp3) is 0.556. The van der Waals surface area contributed by atoms with E-state index in [4.69, 9.17) is 4.74 Å². The van der Waals surface area contributed by atoms with E-state index in [0.29, 0.717) is 13.0 Å². The third kappa shape index (κ3) is 2.31. The summed E-state index contributed by atoms with van der Waals surface area (Å²) in [5.74, 6) is -0.360. The van der Waals surface area contributed by atoms with E-state index in [1.165, 1.54) is 11.0 Å². The Balaban J connectivity index is 2.44. The molecule has 1 radical (unpaired) electrons. The Morgan fingerprint density at radius 3 is 3.15 bits per heavy atom. The Morgan fingerprint density at radius 2 is 2.54 bits per heavy atom. The molecule has 1 fully saturated rings. The molecule has 1 rings (SSSR count). The van der Waals surface area contributed by atoms with Gasteiger partial charge in [-0.25, -0.2) is 4.79 Å². The monoisotopic (exact) mass is 182 g/mol. The van der Waals surface area contributed by atoms with Crippen LogP contribution in [0.1, 0.15) is 12.8 Å². The number of amides is 1. The van der Waals surface area contributed by atoms with E-state index in [-0.39, 0.29) is 12.6 Å². The minimum Gasteiger partial charge on any atom is -0.460 e. The number of rotatable bonds is 4. The van der Waals surface area contributed by atoms with Crippen molar-refractivity contribution in [2.24, 2.45) is 0 Å². The molecule has 0 saturated carbocycles. The van der Waals surface area contributed by atoms with E-state index < -0.39 is 6.04 Å². The van der Waals surface area contributed by atoms with Crippen LogP contribution in [0.5, 0.6) is 0 Å². The fourth-order valence-corrected chi connectivity index (χ4v) is 1.36. The minimum atomic E-state index is -0.433. The predicted octanol–water partition coefficient (Wildman–Crippen LogP) is 0.247. The number of hydrogen-bond acceptors (Lipinski definition) is 3.